The summed E-state index contributed by atoms with van der Waals surface area (Å²) in [5, 5.41) is 11.0. The highest BCUT2D eigenvalue weighted by atomic mass is 31.2. The molecule has 0 unspecified atom stereocenters. The maximum absolute atomic E-state index is 13.8. The number of nitrogens with zero attached hydrogens (tertiary/aromatic N) is 1. The van der Waals surface area contributed by atoms with Crippen LogP contribution in [-0.2, 0) is 27.4 Å². The molecule has 1 aromatic heterocycles. The molecule has 0 aliphatic heterocycles. The quantitative estimate of drug-likeness (QED) is 0.186. The first-order chi connectivity index (χ1) is 17.4. The van der Waals surface area contributed by atoms with Crippen LogP contribution in [0.3, 0.4) is 0 Å². The van der Waals surface area contributed by atoms with Crippen LogP contribution < -0.4 is 15.6 Å². The minimum absolute atomic E-state index is 0.0950. The second-order valence-electron chi connectivity index (χ2n) is 8.44. The zero-order valence-electron chi connectivity index (χ0n) is 19.7. The van der Waals surface area contributed by atoms with Crippen LogP contribution in [0.15, 0.2) is 59.5 Å². The topological polar surface area (TPSA) is 147 Å². The monoisotopic (exact) mass is 556 g/mol. The number of aliphatic hydroxyl groups is 1. The van der Waals surface area contributed by atoms with Gasteiger partial charge in [-0.1, -0.05) is 0 Å². The van der Waals surface area contributed by atoms with Gasteiger partial charge in [0, 0.05) is 28.9 Å². The van der Waals surface area contributed by atoms with Gasteiger partial charge in [0.2, 0.25) is 0 Å². The molecule has 0 fully saturated rings. The number of anilines is 1. The molecule has 0 aliphatic rings. The van der Waals surface area contributed by atoms with E-state index in [2.05, 4.69) is 9.84 Å². The van der Waals surface area contributed by atoms with Crippen LogP contribution in [0, 0.1) is 5.82 Å². The lowest BCUT2D eigenvalue weighted by atomic mass is 9.61. The van der Waals surface area contributed by atoms with Crippen LogP contribution in [-0.4, -0.2) is 41.1 Å². The number of alkyl halides is 3. The van der Waals surface area contributed by atoms with Crippen LogP contribution in [0.5, 0.6) is 11.5 Å². The van der Waals surface area contributed by atoms with E-state index in [1.165, 1.54) is 21.8 Å². The number of nitrogens with one attached hydrogen (secondary N) is 1. The third-order valence-corrected chi connectivity index (χ3v) is 5.44. The molecule has 0 radical (unpaired) electrons. The second-order valence-corrected chi connectivity index (χ2v) is 9.68. The third kappa shape index (κ3) is 7.55. The van der Waals surface area contributed by atoms with E-state index in [-0.39, 0.29) is 17.0 Å². The zero-order chi connectivity index (χ0) is 28.5. The second kappa shape index (κ2) is 10.8. The summed E-state index contributed by atoms with van der Waals surface area (Å²) in [6.07, 6.45) is -3.74. The third-order valence-electron chi connectivity index (χ3n) is 4.99. The fourth-order valence-corrected chi connectivity index (χ4v) is 3.46. The van der Waals surface area contributed by atoms with Gasteiger partial charge in [0.05, 0.1) is 11.1 Å². The lowest BCUT2D eigenvalue weighted by Gasteiger charge is -2.23. The van der Waals surface area contributed by atoms with Gasteiger partial charge in [0.25, 0.3) is 11.5 Å². The molecule has 0 spiro atoms. The number of halogens is 4. The Hall–Kier alpha value is -3.42. The largest absolute Gasteiger partial charge is 0.471 e. The number of pyridine rings is 1. The van der Waals surface area contributed by atoms with E-state index in [0.717, 1.165) is 41.1 Å². The Labute approximate surface area is 213 Å². The predicted molar refractivity (Wildman–Crippen MR) is 131 cm³/mol. The number of aromatic nitrogens is 1. The van der Waals surface area contributed by atoms with Crippen molar-refractivity contribution in [1.29, 1.82) is 0 Å². The number of hydrogen-bond acceptors (Lipinski definition) is 6. The molecule has 0 saturated heterocycles. The molecule has 0 saturated carbocycles. The zero-order valence-corrected chi connectivity index (χ0v) is 20.6. The first kappa shape index (κ1) is 29.1. The van der Waals surface area contributed by atoms with Gasteiger partial charge < -0.3 is 24.9 Å². The lowest BCUT2D eigenvalue weighted by Crippen LogP contribution is -2.26. The minimum Gasteiger partial charge on any atom is -0.456 e. The van der Waals surface area contributed by atoms with E-state index in [9.17, 15) is 36.8 Å². The molecule has 10 nitrogen and oxygen atoms in total. The average Bonchev–Trinajstić information content (AvgIpc) is 2.77. The molecule has 200 valence electrons. The van der Waals surface area contributed by atoms with Crippen molar-refractivity contribution < 1.29 is 51.1 Å². The van der Waals surface area contributed by atoms with Gasteiger partial charge in [-0.25, -0.2) is 8.96 Å². The van der Waals surface area contributed by atoms with Crippen molar-refractivity contribution in [3.8, 4) is 11.5 Å². The summed E-state index contributed by atoms with van der Waals surface area (Å²) in [7, 11) is -2.24. The smallest absolute Gasteiger partial charge is 0.456 e. The van der Waals surface area contributed by atoms with Gasteiger partial charge in [0.1, 0.15) is 39.7 Å². The van der Waals surface area contributed by atoms with Crippen LogP contribution in [0.25, 0.3) is 0 Å². The summed E-state index contributed by atoms with van der Waals surface area (Å²) in [5.74, 6) is -2.50. The van der Waals surface area contributed by atoms with E-state index in [1.54, 1.807) is 0 Å². The lowest BCUT2D eigenvalue weighted by molar-refractivity contribution is -0.137. The first-order valence-electron chi connectivity index (χ1n) is 10.6. The normalized spacial score (nSPS) is 12.3. The molecule has 4 N–H and O–H groups in total. The fraction of sp³-hybridized carbons (Fsp3) is 0.143. The first-order valence-corrected chi connectivity index (χ1v) is 12.1. The van der Waals surface area contributed by atoms with Gasteiger partial charge in [-0.05, 0) is 42.5 Å². The van der Waals surface area contributed by atoms with Crippen molar-refractivity contribution in [3.63, 3.8) is 0 Å². The number of benzene rings is 2. The van der Waals surface area contributed by atoms with Crippen molar-refractivity contribution in [2.24, 2.45) is 0 Å². The molecular weight excluding hydrogens is 537 g/mol. The summed E-state index contributed by atoms with van der Waals surface area (Å²) in [6.45, 7) is -0.782. The SMILES string of the molecule is BC(B)(O)c1cc(F)ccc1Oc1cc(C(F)(F)F)ccc1C(=O)Nc1ccn(COP(=O)(O)O)c(=O)c1. The highest BCUT2D eigenvalue weighted by Crippen LogP contribution is 2.38. The Morgan fingerprint density at radius 3 is 2.32 bits per heavy atom. The van der Waals surface area contributed by atoms with E-state index in [1.807, 2.05) is 0 Å². The summed E-state index contributed by atoms with van der Waals surface area (Å²) in [6, 6.07) is 7.10. The number of carbonyl (C=O) groups is 1. The van der Waals surface area contributed by atoms with Gasteiger partial charge in [-0.3, -0.25) is 18.7 Å². The summed E-state index contributed by atoms with van der Waals surface area (Å²) in [5.41, 5.74) is -2.55. The maximum Gasteiger partial charge on any atom is 0.471 e. The molecule has 38 heavy (non-hydrogen) atoms. The summed E-state index contributed by atoms with van der Waals surface area (Å²) >= 11 is 0. The van der Waals surface area contributed by atoms with Gasteiger partial charge in [0.15, 0.2) is 0 Å². The van der Waals surface area contributed by atoms with E-state index in [4.69, 9.17) is 14.5 Å². The Morgan fingerprint density at radius 2 is 1.74 bits per heavy atom. The Balaban J connectivity index is 1.97. The van der Waals surface area contributed by atoms with Crippen molar-refractivity contribution in [1.82, 2.24) is 4.57 Å². The van der Waals surface area contributed by atoms with E-state index >= 15 is 0 Å². The van der Waals surface area contributed by atoms with Gasteiger partial charge in [-0.2, -0.15) is 13.2 Å². The molecule has 1 amide bonds. The average molecular weight is 556 g/mol. The van der Waals surface area contributed by atoms with Gasteiger partial charge >= 0.3 is 14.0 Å². The Kier molecular flexibility index (Phi) is 8.24. The molecular formula is C21H19B2F4N2O8P. The van der Waals surface area contributed by atoms with E-state index in [0.29, 0.717) is 12.1 Å². The number of carbonyl (C=O) groups excluding carboxylic acids is 1. The molecule has 0 atom stereocenters. The van der Waals surface area contributed by atoms with Crippen LogP contribution >= 0.6 is 7.82 Å². The minimum atomic E-state index is -4.85. The molecule has 3 rings (SSSR count). The number of amides is 1. The molecule has 0 aliphatic carbocycles. The Morgan fingerprint density at radius 1 is 1.05 bits per heavy atom. The predicted octanol–water partition coefficient (Wildman–Crippen LogP) is 1.49. The van der Waals surface area contributed by atoms with Crippen molar-refractivity contribution in [2.75, 3.05) is 5.32 Å². The molecule has 0 bridgehead atoms. The summed E-state index contributed by atoms with van der Waals surface area (Å²) in [4.78, 5) is 42.6. The van der Waals surface area contributed by atoms with Gasteiger partial charge in [-0.15, -0.1) is 0 Å². The summed E-state index contributed by atoms with van der Waals surface area (Å²) < 4.78 is 75.4. The number of rotatable bonds is 8. The molecule has 17 heteroatoms. The van der Waals surface area contributed by atoms with Crippen molar-refractivity contribution >= 4 is 35.1 Å². The molecule has 1 heterocycles. The number of phosphoric ester groups is 1. The van der Waals surface area contributed by atoms with Crippen LogP contribution in [0.4, 0.5) is 23.2 Å². The fourth-order valence-electron chi connectivity index (χ4n) is 3.19. The molecule has 2 aromatic carbocycles. The molecule has 3 aromatic rings. The van der Waals surface area contributed by atoms with Crippen LogP contribution in [0.2, 0.25) is 0 Å². The highest BCUT2D eigenvalue weighted by molar-refractivity contribution is 7.46. The standard InChI is InChI=1S/C21H19B2F4N2O8P/c22-20(23,32)15-8-12(24)2-4-16(15)37-17-7-11(21(25,26)27)1-3-14(17)19(31)28-13-5-6-29(18(30)9-13)10-36-38(33,34)35/h1-9,32H,10,22-23H2,(H,28,31)(H2,33,34,35). The highest BCUT2D eigenvalue weighted by Gasteiger charge is 2.32. The van der Waals surface area contributed by atoms with E-state index < -0.39 is 60.3 Å². The van der Waals surface area contributed by atoms with Crippen LogP contribution in [0.1, 0.15) is 21.5 Å². The Bertz CT molecular complexity index is 1470. The number of hydrogen-bond donors (Lipinski definition) is 4. The van der Waals surface area contributed by atoms with Crippen molar-refractivity contribution in [3.05, 3.63) is 87.6 Å². The number of ether oxygens (including phenoxy) is 1. The van der Waals surface area contributed by atoms with Crippen molar-refractivity contribution in [2.45, 2.75) is 18.3 Å². The number of phosphoric acid groups is 1. The maximum atomic E-state index is 13.8.